The number of halogens is 1. The Morgan fingerprint density at radius 3 is 2.35 bits per heavy atom. The van der Waals surface area contributed by atoms with Crippen LogP contribution in [0.4, 0.5) is 9.18 Å². The van der Waals surface area contributed by atoms with E-state index in [1.807, 2.05) is 48.5 Å². The minimum absolute atomic E-state index is 0.225. The highest BCUT2D eigenvalue weighted by molar-refractivity contribution is 5.89. The van der Waals surface area contributed by atoms with Gasteiger partial charge in [0.15, 0.2) is 0 Å². The van der Waals surface area contributed by atoms with E-state index in [0.717, 1.165) is 12.8 Å². The van der Waals surface area contributed by atoms with Crippen molar-refractivity contribution in [3.8, 4) is 5.75 Å². The average molecular weight is 435 g/mol. The number of rotatable bonds is 7. The summed E-state index contributed by atoms with van der Waals surface area (Å²) in [6.45, 7) is 14.5. The normalized spacial score (nSPS) is 13.3. The van der Waals surface area contributed by atoms with Crippen molar-refractivity contribution in [1.29, 1.82) is 0 Å². The Bertz CT molecular complexity index is 1000. The fourth-order valence-corrected chi connectivity index (χ4v) is 3.61. The molecule has 31 heavy (non-hydrogen) atoms. The molecule has 0 saturated carbocycles. The number of carbonyl (C=O) groups is 1. The molecule has 2 rings (SSSR count). The molecule has 2 N–H and O–H groups in total. The van der Waals surface area contributed by atoms with E-state index in [4.69, 9.17) is 4.74 Å². The standard InChI is InChI=1S/C24H35FN2O4/c1-8-9-12-31-19-16-11-10-15(25)13-17(16)21(28)27(14-23(2,3)4)18(19)20(24(5,6)7)26-22(29)30/h10-11,13,20,26H,8-9,12,14H2,1-7H3,(H,29,30). The minimum Gasteiger partial charge on any atom is -0.491 e. The average Bonchev–Trinajstić information content (AvgIpc) is 2.62. The Labute approximate surface area is 183 Å². The molecular formula is C24H35FN2O4. The van der Waals surface area contributed by atoms with Crippen LogP contribution in [0.2, 0.25) is 0 Å². The van der Waals surface area contributed by atoms with Gasteiger partial charge in [-0.2, -0.15) is 0 Å². The smallest absolute Gasteiger partial charge is 0.405 e. The van der Waals surface area contributed by atoms with Gasteiger partial charge in [0.2, 0.25) is 0 Å². The summed E-state index contributed by atoms with van der Waals surface area (Å²) < 4.78 is 21.8. The van der Waals surface area contributed by atoms with Crippen LogP contribution in [0.5, 0.6) is 5.75 Å². The van der Waals surface area contributed by atoms with Crippen molar-refractivity contribution >= 4 is 16.9 Å². The zero-order valence-electron chi connectivity index (χ0n) is 19.6. The zero-order valence-corrected chi connectivity index (χ0v) is 19.6. The number of pyridine rings is 1. The maximum absolute atomic E-state index is 14.1. The van der Waals surface area contributed by atoms with Crippen LogP contribution in [0.1, 0.15) is 73.0 Å². The maximum Gasteiger partial charge on any atom is 0.405 e. The van der Waals surface area contributed by atoms with Crippen LogP contribution in [0.3, 0.4) is 0 Å². The second-order valence-corrected chi connectivity index (χ2v) is 10.3. The molecule has 1 aromatic heterocycles. The zero-order chi connectivity index (χ0) is 23.6. The Balaban J connectivity index is 2.99. The first-order chi connectivity index (χ1) is 14.3. The van der Waals surface area contributed by atoms with E-state index in [2.05, 4.69) is 5.32 Å². The molecule has 1 aromatic carbocycles. The number of hydrogen-bond acceptors (Lipinski definition) is 3. The molecule has 0 spiro atoms. The topological polar surface area (TPSA) is 80.6 Å². The molecule has 1 atom stereocenters. The first-order valence-electron chi connectivity index (χ1n) is 10.7. The molecule has 2 aromatic rings. The van der Waals surface area contributed by atoms with Crippen molar-refractivity contribution in [3.63, 3.8) is 0 Å². The van der Waals surface area contributed by atoms with Crippen molar-refractivity contribution in [2.24, 2.45) is 10.8 Å². The molecule has 7 heteroatoms. The van der Waals surface area contributed by atoms with Gasteiger partial charge in [-0.15, -0.1) is 0 Å². The SMILES string of the molecule is CCCCOc1c(C(NC(=O)O)C(C)(C)C)n(CC(C)(C)C)c(=O)c2cc(F)ccc12. The third kappa shape index (κ3) is 5.99. The van der Waals surface area contributed by atoms with Crippen LogP contribution >= 0.6 is 0 Å². The summed E-state index contributed by atoms with van der Waals surface area (Å²) in [5, 5.41) is 12.9. The van der Waals surface area contributed by atoms with Crippen LogP contribution in [0.15, 0.2) is 23.0 Å². The molecule has 0 radical (unpaired) electrons. The van der Waals surface area contributed by atoms with Gasteiger partial charge in [0.1, 0.15) is 11.6 Å². The molecule has 0 fully saturated rings. The summed E-state index contributed by atoms with van der Waals surface area (Å²) in [7, 11) is 0. The first kappa shape index (κ1) is 24.7. The number of carboxylic acid groups (broad SMARTS) is 1. The molecule has 0 saturated heterocycles. The highest BCUT2D eigenvalue weighted by Crippen LogP contribution is 2.41. The van der Waals surface area contributed by atoms with Gasteiger partial charge in [0.05, 0.1) is 23.7 Å². The van der Waals surface area contributed by atoms with E-state index in [1.165, 1.54) is 12.1 Å². The molecular weight excluding hydrogens is 399 g/mol. The summed E-state index contributed by atoms with van der Waals surface area (Å²) >= 11 is 0. The van der Waals surface area contributed by atoms with E-state index in [9.17, 15) is 19.1 Å². The molecule has 0 bridgehead atoms. The van der Waals surface area contributed by atoms with Gasteiger partial charge >= 0.3 is 6.09 Å². The van der Waals surface area contributed by atoms with Gasteiger partial charge in [-0.05, 0) is 35.4 Å². The predicted octanol–water partition coefficient (Wildman–Crippen LogP) is 5.72. The Kier molecular flexibility index (Phi) is 7.40. The number of nitrogens with zero attached hydrogens (tertiary/aromatic N) is 1. The summed E-state index contributed by atoms with van der Waals surface area (Å²) in [6.07, 6.45) is 0.528. The van der Waals surface area contributed by atoms with Gasteiger partial charge in [-0.3, -0.25) is 4.79 Å². The molecule has 1 unspecified atom stereocenters. The van der Waals surface area contributed by atoms with Crippen LogP contribution in [0.25, 0.3) is 10.8 Å². The van der Waals surface area contributed by atoms with E-state index in [-0.39, 0.29) is 16.4 Å². The summed E-state index contributed by atoms with van der Waals surface area (Å²) in [6, 6.07) is 3.34. The largest absolute Gasteiger partial charge is 0.491 e. The Hall–Kier alpha value is -2.57. The van der Waals surface area contributed by atoms with Gasteiger partial charge in [0, 0.05) is 11.9 Å². The number of ether oxygens (including phenoxy) is 1. The summed E-state index contributed by atoms with van der Waals surface area (Å²) in [4.78, 5) is 25.2. The summed E-state index contributed by atoms with van der Waals surface area (Å²) in [5.74, 6) is -0.0730. The van der Waals surface area contributed by atoms with Crippen molar-refractivity contribution in [1.82, 2.24) is 9.88 Å². The van der Waals surface area contributed by atoms with Crippen LogP contribution in [-0.4, -0.2) is 22.4 Å². The van der Waals surface area contributed by atoms with Crippen molar-refractivity contribution in [3.05, 3.63) is 40.1 Å². The van der Waals surface area contributed by atoms with E-state index >= 15 is 0 Å². The van der Waals surface area contributed by atoms with Gasteiger partial charge in [0.25, 0.3) is 5.56 Å². The molecule has 1 heterocycles. The highest BCUT2D eigenvalue weighted by Gasteiger charge is 2.35. The lowest BCUT2D eigenvalue weighted by atomic mass is 9.83. The molecule has 0 aliphatic rings. The minimum atomic E-state index is -1.19. The van der Waals surface area contributed by atoms with Gasteiger partial charge < -0.3 is 19.7 Å². The maximum atomic E-state index is 14.1. The van der Waals surface area contributed by atoms with Crippen molar-refractivity contribution < 1.29 is 19.0 Å². The summed E-state index contributed by atoms with van der Waals surface area (Å²) in [5.41, 5.74) is -0.721. The number of fused-ring (bicyclic) bond motifs is 1. The fourth-order valence-electron chi connectivity index (χ4n) is 3.61. The third-order valence-corrected chi connectivity index (χ3v) is 5.01. The number of nitrogens with one attached hydrogen (secondary N) is 1. The van der Waals surface area contributed by atoms with Gasteiger partial charge in [-0.25, -0.2) is 9.18 Å². The van der Waals surface area contributed by atoms with E-state index in [0.29, 0.717) is 30.0 Å². The predicted molar refractivity (Wildman–Crippen MR) is 121 cm³/mol. The number of benzene rings is 1. The lowest BCUT2D eigenvalue weighted by Gasteiger charge is -2.35. The second kappa shape index (κ2) is 9.28. The van der Waals surface area contributed by atoms with Crippen molar-refractivity contribution in [2.75, 3.05) is 6.61 Å². The molecule has 172 valence electrons. The number of amides is 1. The number of aromatic nitrogens is 1. The Morgan fingerprint density at radius 2 is 1.84 bits per heavy atom. The fraction of sp³-hybridized carbons (Fsp3) is 0.583. The Morgan fingerprint density at radius 1 is 1.19 bits per heavy atom. The third-order valence-electron chi connectivity index (χ3n) is 5.01. The highest BCUT2D eigenvalue weighted by atomic mass is 19.1. The van der Waals surface area contributed by atoms with Crippen LogP contribution < -0.4 is 15.6 Å². The lowest BCUT2D eigenvalue weighted by Crippen LogP contribution is -2.41. The first-order valence-corrected chi connectivity index (χ1v) is 10.7. The van der Waals surface area contributed by atoms with E-state index < -0.39 is 23.4 Å². The molecule has 0 aliphatic heterocycles. The van der Waals surface area contributed by atoms with Crippen LogP contribution in [0, 0.1) is 16.6 Å². The van der Waals surface area contributed by atoms with Crippen molar-refractivity contribution in [2.45, 2.75) is 73.9 Å². The monoisotopic (exact) mass is 434 g/mol. The van der Waals surface area contributed by atoms with Gasteiger partial charge in [-0.1, -0.05) is 54.9 Å². The molecule has 1 amide bonds. The lowest BCUT2D eigenvalue weighted by molar-refractivity contribution is 0.169. The number of hydrogen-bond donors (Lipinski definition) is 2. The van der Waals surface area contributed by atoms with E-state index in [1.54, 1.807) is 10.6 Å². The molecule has 0 aliphatic carbocycles. The van der Waals surface area contributed by atoms with Crippen LogP contribution in [-0.2, 0) is 6.54 Å². The number of unbranched alkanes of at least 4 members (excludes halogenated alkanes) is 1. The second-order valence-electron chi connectivity index (χ2n) is 10.3. The quantitative estimate of drug-likeness (QED) is 0.546. The molecule has 6 nitrogen and oxygen atoms in total.